The lowest BCUT2D eigenvalue weighted by Crippen LogP contribution is -2.15. The van der Waals surface area contributed by atoms with Gasteiger partial charge in [-0.3, -0.25) is 5.32 Å². The number of benzene rings is 1. The Morgan fingerprint density at radius 1 is 1.38 bits per heavy atom. The number of carbonyl (C=O) groups is 1. The number of nitrogens with one attached hydrogen (secondary N) is 1. The molecule has 0 fully saturated rings. The van der Waals surface area contributed by atoms with E-state index >= 15 is 0 Å². The van der Waals surface area contributed by atoms with Crippen molar-refractivity contribution in [3.63, 3.8) is 0 Å². The molecule has 88 valence electrons. The van der Waals surface area contributed by atoms with Crippen LogP contribution in [0.15, 0.2) is 18.2 Å². The van der Waals surface area contributed by atoms with Gasteiger partial charge in [0.1, 0.15) is 0 Å². The molecule has 0 aliphatic carbocycles. The van der Waals surface area contributed by atoms with E-state index in [1.54, 1.807) is 0 Å². The zero-order valence-electron chi connectivity index (χ0n) is 10.2. The lowest BCUT2D eigenvalue weighted by Gasteiger charge is -2.09. The second-order valence-electron chi connectivity index (χ2n) is 3.93. The van der Waals surface area contributed by atoms with Crippen LogP contribution in [-0.4, -0.2) is 12.7 Å². The van der Waals surface area contributed by atoms with Crippen LogP contribution in [0, 0.1) is 13.8 Å². The summed E-state index contributed by atoms with van der Waals surface area (Å²) in [4.78, 5) is 11.4. The summed E-state index contributed by atoms with van der Waals surface area (Å²) in [5.74, 6) is 0. The Morgan fingerprint density at radius 2 is 2.12 bits per heavy atom. The minimum Gasteiger partial charge on any atom is -0.449 e. The minimum absolute atomic E-state index is 0.373. The van der Waals surface area contributed by atoms with Crippen LogP contribution in [0.3, 0.4) is 0 Å². The van der Waals surface area contributed by atoms with E-state index in [9.17, 15) is 4.79 Å². The molecule has 0 atom stereocenters. The van der Waals surface area contributed by atoms with E-state index in [1.807, 2.05) is 32.0 Å². The Morgan fingerprint density at radius 3 is 2.81 bits per heavy atom. The van der Waals surface area contributed by atoms with Gasteiger partial charge >= 0.3 is 6.09 Å². The Bertz CT molecular complexity index is 361. The van der Waals surface area contributed by atoms with Gasteiger partial charge in [0.05, 0.1) is 6.61 Å². The van der Waals surface area contributed by atoms with Gasteiger partial charge < -0.3 is 4.74 Å². The van der Waals surface area contributed by atoms with Crippen LogP contribution in [0.25, 0.3) is 0 Å². The first-order chi connectivity index (χ1) is 7.63. The van der Waals surface area contributed by atoms with Gasteiger partial charge in [-0.25, -0.2) is 4.79 Å². The van der Waals surface area contributed by atoms with Gasteiger partial charge in [-0.15, -0.1) is 0 Å². The minimum atomic E-state index is -0.373. The molecule has 0 aromatic heterocycles. The number of aryl methyl sites for hydroxylation is 2. The van der Waals surface area contributed by atoms with Crippen molar-refractivity contribution in [1.29, 1.82) is 0 Å². The Hall–Kier alpha value is -1.51. The number of anilines is 1. The van der Waals surface area contributed by atoms with Crippen LogP contribution in [-0.2, 0) is 4.74 Å². The summed E-state index contributed by atoms with van der Waals surface area (Å²) in [6.45, 7) is 6.49. The van der Waals surface area contributed by atoms with Crippen molar-refractivity contribution < 1.29 is 9.53 Å². The Kier molecular flexibility index (Phi) is 4.83. The zero-order chi connectivity index (χ0) is 12.0. The summed E-state index contributed by atoms with van der Waals surface area (Å²) < 4.78 is 5.03. The number of ether oxygens (including phenoxy) is 1. The molecule has 0 saturated heterocycles. The fourth-order valence-corrected chi connectivity index (χ4v) is 1.33. The van der Waals surface area contributed by atoms with Gasteiger partial charge in [-0.2, -0.15) is 0 Å². The van der Waals surface area contributed by atoms with E-state index < -0.39 is 0 Å². The predicted molar refractivity (Wildman–Crippen MR) is 65.8 cm³/mol. The molecule has 0 aliphatic rings. The summed E-state index contributed by atoms with van der Waals surface area (Å²) in [5.41, 5.74) is 2.98. The second kappa shape index (κ2) is 6.16. The van der Waals surface area contributed by atoms with Crippen LogP contribution in [0.5, 0.6) is 0 Å². The quantitative estimate of drug-likeness (QED) is 0.788. The van der Waals surface area contributed by atoms with Crippen LogP contribution in [0.1, 0.15) is 30.9 Å². The van der Waals surface area contributed by atoms with E-state index in [-0.39, 0.29) is 6.09 Å². The summed E-state index contributed by atoms with van der Waals surface area (Å²) in [7, 11) is 0. The highest BCUT2D eigenvalue weighted by Gasteiger charge is 2.05. The van der Waals surface area contributed by atoms with Gasteiger partial charge in [0.2, 0.25) is 0 Å². The average Bonchev–Trinajstić information content (AvgIpc) is 2.24. The van der Waals surface area contributed by atoms with Crippen LogP contribution in [0.2, 0.25) is 0 Å². The predicted octanol–water partition coefficient (Wildman–Crippen LogP) is 3.65. The lowest BCUT2D eigenvalue weighted by molar-refractivity contribution is 0.160. The highest BCUT2D eigenvalue weighted by Crippen LogP contribution is 2.16. The maximum atomic E-state index is 11.4. The molecule has 0 spiro atoms. The molecular weight excluding hydrogens is 202 g/mol. The fraction of sp³-hybridized carbons (Fsp3) is 0.462. The van der Waals surface area contributed by atoms with Gasteiger partial charge in [0.25, 0.3) is 0 Å². The van der Waals surface area contributed by atoms with Crippen molar-refractivity contribution in [2.45, 2.75) is 33.6 Å². The Balaban J connectivity index is 2.52. The monoisotopic (exact) mass is 221 g/mol. The number of unbranched alkanes of at least 4 members (excludes halogenated alkanes) is 1. The number of rotatable bonds is 4. The molecule has 1 amide bonds. The Labute approximate surface area is 96.8 Å². The van der Waals surface area contributed by atoms with E-state index in [1.165, 1.54) is 0 Å². The van der Waals surface area contributed by atoms with Crippen molar-refractivity contribution >= 4 is 11.8 Å². The van der Waals surface area contributed by atoms with Crippen molar-refractivity contribution in [2.75, 3.05) is 11.9 Å². The highest BCUT2D eigenvalue weighted by atomic mass is 16.5. The molecule has 0 radical (unpaired) electrons. The van der Waals surface area contributed by atoms with Gasteiger partial charge in [0, 0.05) is 5.69 Å². The smallest absolute Gasteiger partial charge is 0.411 e. The van der Waals surface area contributed by atoms with Gasteiger partial charge in [-0.1, -0.05) is 25.5 Å². The SMILES string of the molecule is CCCCOC(=O)Nc1cc(C)ccc1C. The largest absolute Gasteiger partial charge is 0.449 e. The topological polar surface area (TPSA) is 38.3 Å². The van der Waals surface area contributed by atoms with Crippen LogP contribution in [0.4, 0.5) is 10.5 Å². The standard InChI is InChI=1S/C13H19NO2/c1-4-5-8-16-13(15)14-12-9-10(2)6-7-11(12)3/h6-7,9H,4-5,8H2,1-3H3,(H,14,15). The molecule has 0 saturated carbocycles. The van der Waals surface area contributed by atoms with Crippen molar-refractivity contribution in [3.8, 4) is 0 Å². The molecule has 0 aliphatic heterocycles. The fourth-order valence-electron chi connectivity index (χ4n) is 1.33. The van der Waals surface area contributed by atoms with Crippen molar-refractivity contribution in [2.24, 2.45) is 0 Å². The van der Waals surface area contributed by atoms with Gasteiger partial charge in [-0.05, 0) is 37.5 Å². The number of hydrogen-bond acceptors (Lipinski definition) is 2. The molecule has 1 rings (SSSR count). The molecule has 3 nitrogen and oxygen atoms in total. The number of amides is 1. The molecule has 16 heavy (non-hydrogen) atoms. The molecule has 1 aromatic rings. The molecule has 0 unspecified atom stereocenters. The summed E-state index contributed by atoms with van der Waals surface area (Å²) in [6, 6.07) is 5.94. The zero-order valence-corrected chi connectivity index (χ0v) is 10.2. The summed E-state index contributed by atoms with van der Waals surface area (Å²) in [5, 5.41) is 2.75. The van der Waals surface area contributed by atoms with Gasteiger partial charge in [0.15, 0.2) is 0 Å². The molecule has 1 aromatic carbocycles. The molecule has 0 heterocycles. The van der Waals surface area contributed by atoms with E-state index in [0.717, 1.165) is 29.7 Å². The molecule has 3 heteroatoms. The third-order valence-electron chi connectivity index (χ3n) is 2.36. The van der Waals surface area contributed by atoms with Crippen molar-refractivity contribution in [3.05, 3.63) is 29.3 Å². The molecule has 0 bridgehead atoms. The normalized spacial score (nSPS) is 9.94. The third kappa shape index (κ3) is 3.93. The number of carbonyl (C=O) groups excluding carboxylic acids is 1. The molecule has 1 N–H and O–H groups in total. The van der Waals surface area contributed by atoms with Crippen LogP contribution < -0.4 is 5.32 Å². The first kappa shape index (κ1) is 12.6. The first-order valence-electron chi connectivity index (χ1n) is 5.64. The maximum absolute atomic E-state index is 11.4. The third-order valence-corrected chi connectivity index (χ3v) is 2.36. The number of hydrogen-bond donors (Lipinski definition) is 1. The van der Waals surface area contributed by atoms with E-state index in [0.29, 0.717) is 6.61 Å². The lowest BCUT2D eigenvalue weighted by atomic mass is 10.1. The maximum Gasteiger partial charge on any atom is 0.411 e. The summed E-state index contributed by atoms with van der Waals surface area (Å²) in [6.07, 6.45) is 1.55. The average molecular weight is 221 g/mol. The summed E-state index contributed by atoms with van der Waals surface area (Å²) >= 11 is 0. The van der Waals surface area contributed by atoms with E-state index in [2.05, 4.69) is 12.2 Å². The first-order valence-corrected chi connectivity index (χ1v) is 5.64. The molecular formula is C13H19NO2. The highest BCUT2D eigenvalue weighted by molar-refractivity contribution is 5.85. The van der Waals surface area contributed by atoms with E-state index in [4.69, 9.17) is 4.74 Å². The van der Waals surface area contributed by atoms with Crippen molar-refractivity contribution in [1.82, 2.24) is 0 Å². The van der Waals surface area contributed by atoms with Crippen LogP contribution >= 0.6 is 0 Å². The second-order valence-corrected chi connectivity index (χ2v) is 3.93.